The molecule has 1 N–H and O–H groups in total. The maximum absolute atomic E-state index is 11.0. The number of methoxy groups -OCH3 is 1. The number of ether oxygens (including phenoxy) is 1. The van der Waals surface area contributed by atoms with E-state index in [1.165, 1.54) is 6.07 Å². The Morgan fingerprint density at radius 2 is 2.00 bits per heavy atom. The topological polar surface area (TPSA) is 72.6 Å². The molecule has 1 aromatic rings. The molecule has 3 rings (SSSR count). The smallest absolute Gasteiger partial charge is 0.270 e. The quantitative estimate of drug-likeness (QED) is 0.526. The number of fused-ring (bicyclic) bond motifs is 2. The molecule has 2 aliphatic rings. The Labute approximate surface area is 130 Å². The van der Waals surface area contributed by atoms with Gasteiger partial charge in [-0.05, 0) is 6.07 Å². The van der Waals surface area contributed by atoms with Gasteiger partial charge in [0.2, 0.25) is 0 Å². The lowest BCUT2D eigenvalue weighted by atomic mass is 9.95. The maximum Gasteiger partial charge on any atom is 0.270 e. The molecule has 1 aromatic carbocycles. The standard InChI is InChI=1S/C16H23N2O4/c1-18(13-4-5-14(18)9-15(19)8-13)10-11-7-12(17(20)21)3-6-16(11)22-2/h3,6-7,13-15,19H,4-5,8-10H2,1-2H3/q+1. The van der Waals surface area contributed by atoms with Gasteiger partial charge in [-0.25, -0.2) is 0 Å². The summed E-state index contributed by atoms with van der Waals surface area (Å²) in [5.74, 6) is 0.704. The van der Waals surface area contributed by atoms with Crippen molar-refractivity contribution in [1.82, 2.24) is 0 Å². The average molecular weight is 307 g/mol. The molecule has 2 aliphatic heterocycles. The molecular formula is C16H23N2O4+. The third kappa shape index (κ3) is 2.46. The second-order valence-corrected chi connectivity index (χ2v) is 6.77. The second kappa shape index (κ2) is 5.52. The molecule has 2 bridgehead atoms. The summed E-state index contributed by atoms with van der Waals surface area (Å²) in [5, 5.41) is 21.0. The first-order valence-corrected chi connectivity index (χ1v) is 7.78. The van der Waals surface area contributed by atoms with Crippen molar-refractivity contribution >= 4 is 5.69 Å². The number of nitro benzene ring substituents is 1. The highest BCUT2D eigenvalue weighted by molar-refractivity contribution is 5.43. The van der Waals surface area contributed by atoms with Gasteiger partial charge >= 0.3 is 0 Å². The van der Waals surface area contributed by atoms with Crippen LogP contribution in [0, 0.1) is 10.1 Å². The Balaban J connectivity index is 1.92. The van der Waals surface area contributed by atoms with E-state index < -0.39 is 0 Å². The molecule has 0 saturated carbocycles. The first-order valence-electron chi connectivity index (χ1n) is 7.78. The molecule has 2 heterocycles. The maximum atomic E-state index is 11.0. The number of nitrogens with zero attached hydrogens (tertiary/aromatic N) is 2. The number of nitro groups is 1. The molecule has 0 spiro atoms. The molecule has 6 heteroatoms. The molecule has 2 saturated heterocycles. The lowest BCUT2D eigenvalue weighted by molar-refractivity contribution is -0.961. The van der Waals surface area contributed by atoms with Gasteiger partial charge in [-0.3, -0.25) is 10.1 Å². The number of aliphatic hydroxyl groups is 1. The molecule has 22 heavy (non-hydrogen) atoms. The second-order valence-electron chi connectivity index (χ2n) is 6.77. The zero-order valence-corrected chi connectivity index (χ0v) is 13.1. The zero-order chi connectivity index (χ0) is 15.9. The third-order valence-corrected chi connectivity index (χ3v) is 5.58. The van der Waals surface area contributed by atoms with E-state index in [2.05, 4.69) is 7.05 Å². The number of rotatable bonds is 4. The lowest BCUT2D eigenvalue weighted by Crippen LogP contribution is -2.57. The zero-order valence-electron chi connectivity index (χ0n) is 13.1. The van der Waals surface area contributed by atoms with E-state index in [9.17, 15) is 15.2 Å². The molecular weight excluding hydrogens is 284 g/mol. The molecule has 2 fully saturated rings. The van der Waals surface area contributed by atoms with Crippen LogP contribution in [-0.4, -0.2) is 46.9 Å². The normalized spacial score (nSPS) is 33.7. The molecule has 120 valence electrons. The Morgan fingerprint density at radius 3 is 2.55 bits per heavy atom. The van der Waals surface area contributed by atoms with Crippen molar-refractivity contribution in [2.75, 3.05) is 14.2 Å². The Bertz CT molecular complexity index is 576. The third-order valence-electron chi connectivity index (χ3n) is 5.58. The summed E-state index contributed by atoms with van der Waals surface area (Å²) in [4.78, 5) is 10.7. The van der Waals surface area contributed by atoms with E-state index in [1.807, 2.05) is 0 Å². The first-order chi connectivity index (χ1) is 10.4. The Hall–Kier alpha value is -1.66. The van der Waals surface area contributed by atoms with Crippen LogP contribution in [0.5, 0.6) is 5.75 Å². The van der Waals surface area contributed by atoms with Gasteiger partial charge in [-0.2, -0.15) is 0 Å². The fourth-order valence-corrected chi connectivity index (χ4v) is 4.34. The van der Waals surface area contributed by atoms with Crippen LogP contribution in [0.2, 0.25) is 0 Å². The minimum atomic E-state index is -0.364. The molecule has 0 aromatic heterocycles. The monoisotopic (exact) mass is 307 g/mol. The van der Waals surface area contributed by atoms with E-state index in [0.717, 1.165) is 35.7 Å². The summed E-state index contributed by atoms with van der Waals surface area (Å²) in [7, 11) is 3.81. The van der Waals surface area contributed by atoms with Crippen LogP contribution in [0.3, 0.4) is 0 Å². The molecule has 2 unspecified atom stereocenters. The Morgan fingerprint density at radius 1 is 1.36 bits per heavy atom. The molecule has 0 amide bonds. The van der Waals surface area contributed by atoms with Crippen molar-refractivity contribution in [1.29, 1.82) is 0 Å². The fourth-order valence-electron chi connectivity index (χ4n) is 4.34. The van der Waals surface area contributed by atoms with Gasteiger partial charge in [0, 0.05) is 37.8 Å². The number of piperidine rings is 1. The molecule has 0 aliphatic carbocycles. The number of quaternary nitrogens is 1. The van der Waals surface area contributed by atoms with Gasteiger partial charge in [-0.15, -0.1) is 0 Å². The predicted octanol–water partition coefficient (Wildman–Crippen LogP) is 2.24. The lowest BCUT2D eigenvalue weighted by Gasteiger charge is -2.46. The van der Waals surface area contributed by atoms with Gasteiger partial charge in [0.1, 0.15) is 12.3 Å². The fraction of sp³-hybridized carbons (Fsp3) is 0.625. The van der Waals surface area contributed by atoms with Gasteiger partial charge in [0.25, 0.3) is 5.69 Å². The van der Waals surface area contributed by atoms with Crippen molar-refractivity contribution in [3.63, 3.8) is 0 Å². The summed E-state index contributed by atoms with van der Waals surface area (Å²) >= 11 is 0. The van der Waals surface area contributed by atoms with E-state index in [0.29, 0.717) is 24.4 Å². The van der Waals surface area contributed by atoms with Crippen LogP contribution < -0.4 is 4.74 Å². The number of hydrogen-bond acceptors (Lipinski definition) is 4. The van der Waals surface area contributed by atoms with Crippen molar-refractivity contribution in [2.24, 2.45) is 0 Å². The van der Waals surface area contributed by atoms with Gasteiger partial charge in [0.05, 0.1) is 42.8 Å². The predicted molar refractivity (Wildman–Crippen MR) is 81.6 cm³/mol. The SMILES string of the molecule is COc1ccc([N+](=O)[O-])cc1C[N+]1(C)C2CCC1CC(O)C2. The number of non-ortho nitro benzene ring substituents is 1. The highest BCUT2D eigenvalue weighted by Gasteiger charge is 2.51. The summed E-state index contributed by atoms with van der Waals surface area (Å²) in [6.45, 7) is 0.715. The van der Waals surface area contributed by atoms with E-state index >= 15 is 0 Å². The highest BCUT2D eigenvalue weighted by atomic mass is 16.6. The van der Waals surface area contributed by atoms with E-state index in [4.69, 9.17) is 4.74 Å². The van der Waals surface area contributed by atoms with Crippen LogP contribution in [0.15, 0.2) is 18.2 Å². The van der Waals surface area contributed by atoms with Crippen LogP contribution in [0.4, 0.5) is 5.69 Å². The molecule has 2 atom stereocenters. The molecule has 6 nitrogen and oxygen atoms in total. The van der Waals surface area contributed by atoms with E-state index in [-0.39, 0.29) is 16.7 Å². The van der Waals surface area contributed by atoms with Crippen molar-refractivity contribution in [3.8, 4) is 5.75 Å². The number of aliphatic hydroxyl groups excluding tert-OH is 1. The van der Waals surface area contributed by atoms with Gasteiger partial charge in [-0.1, -0.05) is 0 Å². The van der Waals surface area contributed by atoms with Crippen LogP contribution >= 0.6 is 0 Å². The minimum absolute atomic E-state index is 0.104. The van der Waals surface area contributed by atoms with Crippen LogP contribution in [0.1, 0.15) is 31.2 Å². The minimum Gasteiger partial charge on any atom is -0.496 e. The largest absolute Gasteiger partial charge is 0.496 e. The highest BCUT2D eigenvalue weighted by Crippen LogP contribution is 2.43. The van der Waals surface area contributed by atoms with Gasteiger partial charge < -0.3 is 14.3 Å². The summed E-state index contributed by atoms with van der Waals surface area (Å²) in [6.07, 6.45) is 3.69. The van der Waals surface area contributed by atoms with Crippen LogP contribution in [0.25, 0.3) is 0 Å². The van der Waals surface area contributed by atoms with Crippen molar-refractivity contribution < 1.29 is 19.2 Å². The number of benzene rings is 1. The average Bonchev–Trinajstić information content (AvgIpc) is 2.65. The number of hydrogen-bond donors (Lipinski definition) is 1. The summed E-state index contributed by atoms with van der Waals surface area (Å²) in [5.41, 5.74) is 0.985. The van der Waals surface area contributed by atoms with Crippen LogP contribution in [-0.2, 0) is 6.54 Å². The summed E-state index contributed by atoms with van der Waals surface area (Å²) < 4.78 is 6.25. The van der Waals surface area contributed by atoms with Gasteiger partial charge in [0.15, 0.2) is 0 Å². The van der Waals surface area contributed by atoms with E-state index in [1.54, 1.807) is 19.2 Å². The van der Waals surface area contributed by atoms with Crippen molar-refractivity contribution in [2.45, 2.75) is 50.4 Å². The summed E-state index contributed by atoms with van der Waals surface area (Å²) in [6, 6.07) is 5.65. The van der Waals surface area contributed by atoms with Crippen molar-refractivity contribution in [3.05, 3.63) is 33.9 Å². The first kappa shape index (κ1) is 15.2. The Kier molecular flexibility index (Phi) is 3.82. The molecule has 0 radical (unpaired) electrons.